The molecule has 0 fully saturated rings. The van der Waals surface area contributed by atoms with E-state index in [0.29, 0.717) is 6.42 Å². The third-order valence-corrected chi connectivity index (χ3v) is 5.79. The zero-order valence-corrected chi connectivity index (χ0v) is 18.0. The summed E-state index contributed by atoms with van der Waals surface area (Å²) in [5.74, 6) is -2.35. The van der Waals surface area contributed by atoms with Gasteiger partial charge in [0.1, 0.15) is 10.6 Å². The second-order valence-electron chi connectivity index (χ2n) is 6.65. The number of aromatic carboxylic acids is 1. The summed E-state index contributed by atoms with van der Waals surface area (Å²) in [6, 6.07) is 9.63. The molecule has 3 rings (SSSR count). The average molecular weight is 460 g/mol. The lowest BCUT2D eigenvalue weighted by Gasteiger charge is -2.13. The van der Waals surface area contributed by atoms with E-state index in [1.54, 1.807) is 18.2 Å². The topological polar surface area (TPSA) is 157 Å². The molecule has 32 heavy (non-hydrogen) atoms. The van der Waals surface area contributed by atoms with Crippen LogP contribution in [0.4, 0.5) is 0 Å². The molecule has 0 aliphatic heterocycles. The minimum atomic E-state index is -4.41. The van der Waals surface area contributed by atoms with Gasteiger partial charge in [0.05, 0.1) is 18.1 Å². The smallest absolute Gasteiger partial charge is 0.335 e. The first kappa shape index (κ1) is 22.9. The third kappa shape index (κ3) is 4.45. The van der Waals surface area contributed by atoms with E-state index >= 15 is 0 Å². The van der Waals surface area contributed by atoms with Gasteiger partial charge in [-0.05, 0) is 30.7 Å². The molecule has 12 heteroatoms. The van der Waals surface area contributed by atoms with E-state index in [9.17, 15) is 22.8 Å². The molecule has 0 saturated heterocycles. The number of carbonyl (C=O) groups is 2. The number of hydrogen-bond acceptors (Lipinski definition) is 7. The second-order valence-corrected chi connectivity index (χ2v) is 8.30. The SMILES string of the molecule is CCCn1nc(C(=O)NNS(=O)(=O)c2cc(C(=O)O)ccc2OC)c2ccccc2c1=O. The number of rotatable bonds is 8. The van der Waals surface area contributed by atoms with Crippen LogP contribution in [0.3, 0.4) is 0 Å². The Morgan fingerprint density at radius 1 is 1.16 bits per heavy atom. The van der Waals surface area contributed by atoms with Crippen LogP contribution in [-0.4, -0.2) is 42.3 Å². The molecule has 0 bridgehead atoms. The summed E-state index contributed by atoms with van der Waals surface area (Å²) in [6.07, 6.45) is 0.596. The van der Waals surface area contributed by atoms with Crippen molar-refractivity contribution >= 4 is 32.7 Å². The van der Waals surface area contributed by atoms with E-state index in [0.717, 1.165) is 10.7 Å². The highest BCUT2D eigenvalue weighted by Gasteiger charge is 2.24. The fourth-order valence-electron chi connectivity index (χ4n) is 3.01. The van der Waals surface area contributed by atoms with Crippen LogP contribution in [0.2, 0.25) is 0 Å². The van der Waals surface area contributed by atoms with Crippen molar-refractivity contribution in [2.75, 3.05) is 7.11 Å². The average Bonchev–Trinajstić information content (AvgIpc) is 2.79. The number of hydrazine groups is 1. The predicted molar refractivity (Wildman–Crippen MR) is 114 cm³/mol. The zero-order chi connectivity index (χ0) is 23.5. The Kier molecular flexibility index (Phi) is 6.55. The van der Waals surface area contributed by atoms with E-state index in [1.807, 2.05) is 11.8 Å². The molecular weight excluding hydrogens is 440 g/mol. The highest BCUT2D eigenvalue weighted by atomic mass is 32.2. The largest absolute Gasteiger partial charge is 0.495 e. The van der Waals surface area contributed by atoms with Crippen LogP contribution in [0.1, 0.15) is 34.2 Å². The van der Waals surface area contributed by atoms with Gasteiger partial charge >= 0.3 is 5.97 Å². The van der Waals surface area contributed by atoms with E-state index in [4.69, 9.17) is 9.84 Å². The monoisotopic (exact) mass is 460 g/mol. The number of carboxylic acids is 1. The van der Waals surface area contributed by atoms with Crippen molar-refractivity contribution in [3.8, 4) is 5.75 Å². The van der Waals surface area contributed by atoms with Gasteiger partial charge in [0.2, 0.25) is 0 Å². The molecule has 0 aliphatic rings. The van der Waals surface area contributed by atoms with Gasteiger partial charge in [-0.1, -0.05) is 25.1 Å². The van der Waals surface area contributed by atoms with Gasteiger partial charge in [0.25, 0.3) is 21.5 Å². The summed E-state index contributed by atoms with van der Waals surface area (Å²) in [5, 5.41) is 13.7. The number of methoxy groups -OCH3 is 1. The highest BCUT2D eigenvalue weighted by Crippen LogP contribution is 2.24. The van der Waals surface area contributed by atoms with Crippen molar-refractivity contribution in [3.05, 3.63) is 64.1 Å². The summed E-state index contributed by atoms with van der Waals surface area (Å²) >= 11 is 0. The molecule has 0 aliphatic carbocycles. The number of carbonyl (C=O) groups excluding carboxylic acids is 1. The van der Waals surface area contributed by atoms with E-state index < -0.39 is 26.8 Å². The van der Waals surface area contributed by atoms with Gasteiger partial charge in [-0.25, -0.2) is 17.9 Å². The summed E-state index contributed by atoms with van der Waals surface area (Å²) in [4.78, 5) is 38.0. The number of aryl methyl sites for hydroxylation is 1. The van der Waals surface area contributed by atoms with Gasteiger partial charge in [0, 0.05) is 11.9 Å². The maximum Gasteiger partial charge on any atom is 0.335 e. The summed E-state index contributed by atoms with van der Waals surface area (Å²) in [7, 11) is -3.19. The minimum absolute atomic E-state index is 0.114. The first-order valence-corrected chi connectivity index (χ1v) is 10.9. The van der Waals surface area contributed by atoms with Gasteiger partial charge < -0.3 is 9.84 Å². The molecule has 168 valence electrons. The minimum Gasteiger partial charge on any atom is -0.495 e. The molecule has 2 aromatic carbocycles. The van der Waals surface area contributed by atoms with Gasteiger partial charge in [-0.15, -0.1) is 4.83 Å². The number of fused-ring (bicyclic) bond motifs is 1. The molecular formula is C20H20N4O7S. The zero-order valence-electron chi connectivity index (χ0n) is 17.2. The molecule has 0 atom stereocenters. The van der Waals surface area contributed by atoms with Gasteiger partial charge in [-0.2, -0.15) is 5.10 Å². The van der Waals surface area contributed by atoms with Crippen molar-refractivity contribution in [3.63, 3.8) is 0 Å². The van der Waals surface area contributed by atoms with E-state index in [2.05, 4.69) is 10.5 Å². The number of amides is 1. The van der Waals surface area contributed by atoms with Crippen LogP contribution < -0.4 is 20.6 Å². The maximum absolute atomic E-state index is 12.8. The second kappa shape index (κ2) is 9.16. The third-order valence-electron chi connectivity index (χ3n) is 4.52. The Morgan fingerprint density at radius 2 is 1.84 bits per heavy atom. The van der Waals surface area contributed by atoms with E-state index in [1.165, 1.54) is 25.3 Å². The molecule has 3 N–H and O–H groups in total. The molecule has 1 amide bonds. The lowest BCUT2D eigenvalue weighted by molar-refractivity contribution is 0.0696. The molecule has 0 unspecified atom stereocenters. The van der Waals surface area contributed by atoms with Crippen LogP contribution in [-0.2, 0) is 16.6 Å². The molecule has 3 aromatic rings. The molecule has 1 heterocycles. The lowest BCUT2D eigenvalue weighted by atomic mass is 10.1. The number of nitrogens with zero attached hydrogens (tertiary/aromatic N) is 2. The number of sulfonamides is 1. The van der Waals surface area contributed by atoms with Crippen LogP contribution in [0, 0.1) is 0 Å². The van der Waals surface area contributed by atoms with Crippen molar-refractivity contribution < 1.29 is 27.9 Å². The summed E-state index contributed by atoms with van der Waals surface area (Å²) in [6.45, 7) is 2.12. The number of carboxylic acid groups (broad SMARTS) is 1. The Bertz CT molecular complexity index is 1370. The molecule has 0 saturated carbocycles. The fraction of sp³-hybridized carbons (Fsp3) is 0.200. The fourth-order valence-corrected chi connectivity index (χ4v) is 4.05. The number of ether oxygens (including phenoxy) is 1. The van der Waals surface area contributed by atoms with Gasteiger partial charge in [0.15, 0.2) is 5.69 Å². The standard InChI is InChI=1S/C20H20N4O7S/c1-3-10-24-19(26)14-7-5-4-6-13(14)17(22-24)18(25)21-23-32(29,30)16-11-12(20(27)28)8-9-15(16)31-2/h4-9,11,23H,3,10H2,1-2H3,(H,21,25)(H,27,28). The Balaban J connectivity index is 1.96. The van der Waals surface area contributed by atoms with Crippen LogP contribution >= 0.6 is 0 Å². The maximum atomic E-state index is 12.8. The van der Waals surface area contributed by atoms with Crippen LogP contribution in [0.25, 0.3) is 10.8 Å². The first-order valence-electron chi connectivity index (χ1n) is 9.43. The van der Waals surface area contributed by atoms with Crippen LogP contribution in [0.15, 0.2) is 52.2 Å². The number of hydrogen-bond donors (Lipinski definition) is 3. The number of nitrogens with one attached hydrogen (secondary N) is 2. The quantitative estimate of drug-likeness (QED) is 0.422. The summed E-state index contributed by atoms with van der Waals surface area (Å²) < 4.78 is 31.6. The van der Waals surface area contributed by atoms with E-state index in [-0.39, 0.29) is 39.9 Å². The molecule has 11 nitrogen and oxygen atoms in total. The molecule has 1 aromatic heterocycles. The number of aromatic nitrogens is 2. The van der Waals surface area contributed by atoms with Crippen molar-refractivity contribution in [1.82, 2.24) is 20.0 Å². The van der Waals surface area contributed by atoms with Gasteiger partial charge in [-0.3, -0.25) is 15.0 Å². The van der Waals surface area contributed by atoms with Crippen molar-refractivity contribution in [2.45, 2.75) is 24.8 Å². The normalized spacial score (nSPS) is 11.3. The van der Waals surface area contributed by atoms with Crippen molar-refractivity contribution in [2.24, 2.45) is 0 Å². The molecule has 0 spiro atoms. The lowest BCUT2D eigenvalue weighted by Crippen LogP contribution is -2.42. The number of benzene rings is 2. The predicted octanol–water partition coefficient (Wildman–Crippen LogP) is 1.14. The Hall–Kier alpha value is -3.77. The molecule has 0 radical (unpaired) electrons. The Labute approximate surface area is 182 Å². The van der Waals surface area contributed by atoms with Crippen LogP contribution in [0.5, 0.6) is 5.75 Å². The summed E-state index contributed by atoms with van der Waals surface area (Å²) in [5.41, 5.74) is 1.26. The highest BCUT2D eigenvalue weighted by molar-refractivity contribution is 7.89. The Morgan fingerprint density at radius 3 is 2.47 bits per heavy atom. The van der Waals surface area contributed by atoms with Crippen molar-refractivity contribution in [1.29, 1.82) is 0 Å². The first-order chi connectivity index (χ1) is 15.2.